The fraction of sp³-hybridized carbons (Fsp3) is 0.600. The molecule has 1 unspecified atom stereocenters. The highest BCUT2D eigenvalue weighted by Gasteiger charge is 2.16. The van der Waals surface area contributed by atoms with Crippen LogP contribution in [0.5, 0.6) is 0 Å². The lowest BCUT2D eigenvalue weighted by molar-refractivity contribution is 0.312. The Hall–Kier alpha value is -0.720. The standard InChI is InChI=1S/C10H17N/c1-8(2)10-6-5-9(3)11(4)7-10/h5-6,8,10H,3,7H2,1-2,4H3. The number of allylic oxidation sites excluding steroid dienone is 1. The first-order chi connectivity index (χ1) is 5.11. The number of likely N-dealkylation sites (N-methyl/N-ethyl adjacent to an activating group) is 1. The lowest BCUT2D eigenvalue weighted by Crippen LogP contribution is -2.29. The van der Waals surface area contributed by atoms with E-state index in [0.29, 0.717) is 5.92 Å². The maximum atomic E-state index is 3.93. The lowest BCUT2D eigenvalue weighted by Gasteiger charge is -2.30. The first kappa shape index (κ1) is 8.38. The molecule has 0 saturated carbocycles. The second-order valence-corrected chi connectivity index (χ2v) is 3.64. The normalized spacial score (nSPS) is 24.9. The number of nitrogens with zero attached hydrogens (tertiary/aromatic N) is 1. The Morgan fingerprint density at radius 1 is 1.64 bits per heavy atom. The molecule has 1 rings (SSSR count). The molecule has 0 radical (unpaired) electrons. The summed E-state index contributed by atoms with van der Waals surface area (Å²) in [7, 11) is 2.10. The molecule has 1 heterocycles. The van der Waals surface area contributed by atoms with Gasteiger partial charge in [-0.3, -0.25) is 0 Å². The molecule has 62 valence electrons. The third-order valence-electron chi connectivity index (χ3n) is 2.37. The fourth-order valence-electron chi connectivity index (χ4n) is 1.29. The van der Waals surface area contributed by atoms with E-state index in [2.05, 4.69) is 44.5 Å². The summed E-state index contributed by atoms with van der Waals surface area (Å²) in [5.74, 6) is 1.44. The molecule has 0 amide bonds. The number of hydrogen-bond donors (Lipinski definition) is 0. The van der Waals surface area contributed by atoms with E-state index < -0.39 is 0 Å². The smallest absolute Gasteiger partial charge is 0.0287 e. The van der Waals surface area contributed by atoms with Crippen molar-refractivity contribution in [3.8, 4) is 0 Å². The van der Waals surface area contributed by atoms with Crippen LogP contribution < -0.4 is 0 Å². The van der Waals surface area contributed by atoms with Gasteiger partial charge in [-0.2, -0.15) is 0 Å². The highest BCUT2D eigenvalue weighted by molar-refractivity contribution is 5.18. The second kappa shape index (κ2) is 3.12. The van der Waals surface area contributed by atoms with Crippen molar-refractivity contribution in [3.63, 3.8) is 0 Å². The van der Waals surface area contributed by atoms with Gasteiger partial charge in [0.05, 0.1) is 0 Å². The van der Waals surface area contributed by atoms with Gasteiger partial charge in [0.1, 0.15) is 0 Å². The molecule has 0 spiro atoms. The van der Waals surface area contributed by atoms with Gasteiger partial charge in [-0.15, -0.1) is 0 Å². The molecule has 0 aromatic heterocycles. The summed E-state index contributed by atoms with van der Waals surface area (Å²) in [6, 6.07) is 0. The summed E-state index contributed by atoms with van der Waals surface area (Å²) < 4.78 is 0. The van der Waals surface area contributed by atoms with Crippen molar-refractivity contribution in [1.82, 2.24) is 4.90 Å². The van der Waals surface area contributed by atoms with Gasteiger partial charge in [-0.25, -0.2) is 0 Å². The molecule has 0 fully saturated rings. The van der Waals surface area contributed by atoms with E-state index in [4.69, 9.17) is 0 Å². The van der Waals surface area contributed by atoms with Gasteiger partial charge < -0.3 is 4.90 Å². The number of rotatable bonds is 1. The zero-order valence-corrected chi connectivity index (χ0v) is 7.67. The molecule has 1 atom stereocenters. The van der Waals surface area contributed by atoms with Gasteiger partial charge in [0, 0.05) is 19.3 Å². The van der Waals surface area contributed by atoms with Crippen molar-refractivity contribution >= 4 is 0 Å². The minimum Gasteiger partial charge on any atom is -0.374 e. The van der Waals surface area contributed by atoms with Crippen LogP contribution >= 0.6 is 0 Å². The lowest BCUT2D eigenvalue weighted by atomic mass is 9.92. The van der Waals surface area contributed by atoms with Crippen molar-refractivity contribution in [3.05, 3.63) is 24.4 Å². The van der Waals surface area contributed by atoms with Gasteiger partial charge >= 0.3 is 0 Å². The molecule has 1 aliphatic rings. The quantitative estimate of drug-likeness (QED) is 0.555. The van der Waals surface area contributed by atoms with E-state index in [9.17, 15) is 0 Å². The van der Waals surface area contributed by atoms with E-state index in [-0.39, 0.29) is 0 Å². The maximum absolute atomic E-state index is 3.93. The molecule has 0 N–H and O–H groups in total. The van der Waals surface area contributed by atoms with Crippen molar-refractivity contribution in [2.24, 2.45) is 11.8 Å². The van der Waals surface area contributed by atoms with Crippen LogP contribution in [0.3, 0.4) is 0 Å². The fourth-order valence-corrected chi connectivity index (χ4v) is 1.29. The van der Waals surface area contributed by atoms with Crippen LogP contribution in [0.25, 0.3) is 0 Å². The van der Waals surface area contributed by atoms with Gasteiger partial charge in [-0.05, 0) is 17.9 Å². The summed E-state index contributed by atoms with van der Waals surface area (Å²) >= 11 is 0. The first-order valence-electron chi connectivity index (χ1n) is 4.19. The summed E-state index contributed by atoms with van der Waals surface area (Å²) in [4.78, 5) is 2.21. The van der Waals surface area contributed by atoms with E-state index in [1.807, 2.05) is 0 Å². The minimum absolute atomic E-state index is 0.700. The van der Waals surface area contributed by atoms with Crippen molar-refractivity contribution in [2.45, 2.75) is 13.8 Å². The highest BCUT2D eigenvalue weighted by atomic mass is 15.1. The van der Waals surface area contributed by atoms with E-state index in [1.54, 1.807) is 0 Å². The predicted molar refractivity (Wildman–Crippen MR) is 49.2 cm³/mol. The molecule has 1 nitrogen and oxygen atoms in total. The molecular weight excluding hydrogens is 134 g/mol. The maximum Gasteiger partial charge on any atom is 0.0287 e. The monoisotopic (exact) mass is 151 g/mol. The van der Waals surface area contributed by atoms with Gasteiger partial charge in [0.2, 0.25) is 0 Å². The molecular formula is C10H17N. The van der Waals surface area contributed by atoms with E-state index in [0.717, 1.165) is 18.2 Å². The predicted octanol–water partition coefficient (Wildman–Crippen LogP) is 2.27. The van der Waals surface area contributed by atoms with Crippen molar-refractivity contribution < 1.29 is 0 Å². The summed E-state index contributed by atoms with van der Waals surface area (Å²) in [6.45, 7) is 9.57. The molecule has 0 aromatic carbocycles. The SMILES string of the molecule is C=C1C=CC(C(C)C)CN1C. The third kappa shape index (κ3) is 1.86. The van der Waals surface area contributed by atoms with Crippen LogP contribution in [0.2, 0.25) is 0 Å². The molecule has 0 aliphatic carbocycles. The van der Waals surface area contributed by atoms with Crippen LogP contribution in [-0.2, 0) is 0 Å². The third-order valence-corrected chi connectivity index (χ3v) is 2.37. The largest absolute Gasteiger partial charge is 0.374 e. The average molecular weight is 151 g/mol. The van der Waals surface area contributed by atoms with Crippen LogP contribution in [0.1, 0.15) is 13.8 Å². The Kier molecular flexibility index (Phi) is 2.38. The topological polar surface area (TPSA) is 3.24 Å². The van der Waals surface area contributed by atoms with Crippen LogP contribution in [0.15, 0.2) is 24.4 Å². The summed E-state index contributed by atoms with van der Waals surface area (Å²) in [5, 5.41) is 0. The first-order valence-corrected chi connectivity index (χ1v) is 4.19. The molecule has 1 aliphatic heterocycles. The highest BCUT2D eigenvalue weighted by Crippen LogP contribution is 2.20. The molecule has 0 saturated heterocycles. The van der Waals surface area contributed by atoms with Crippen molar-refractivity contribution in [2.75, 3.05) is 13.6 Å². The average Bonchev–Trinajstić information content (AvgIpc) is 1.94. The summed E-state index contributed by atoms with van der Waals surface area (Å²) in [6.07, 6.45) is 4.39. The van der Waals surface area contributed by atoms with Gasteiger partial charge in [0.15, 0.2) is 0 Å². The van der Waals surface area contributed by atoms with Crippen molar-refractivity contribution in [1.29, 1.82) is 0 Å². The van der Waals surface area contributed by atoms with Crippen LogP contribution in [-0.4, -0.2) is 18.5 Å². The van der Waals surface area contributed by atoms with Gasteiger partial charge in [0.25, 0.3) is 0 Å². The Labute approximate surface area is 69.4 Å². The Morgan fingerprint density at radius 2 is 2.27 bits per heavy atom. The van der Waals surface area contributed by atoms with Gasteiger partial charge in [-0.1, -0.05) is 26.5 Å². The Bertz CT molecular complexity index is 179. The molecule has 1 heteroatoms. The van der Waals surface area contributed by atoms with E-state index >= 15 is 0 Å². The summed E-state index contributed by atoms with van der Waals surface area (Å²) in [5.41, 5.74) is 1.13. The van der Waals surface area contributed by atoms with Crippen LogP contribution in [0, 0.1) is 11.8 Å². The van der Waals surface area contributed by atoms with E-state index in [1.165, 1.54) is 0 Å². The minimum atomic E-state index is 0.700. The Morgan fingerprint density at radius 3 is 2.73 bits per heavy atom. The Balaban J connectivity index is 2.63. The number of hydrogen-bond acceptors (Lipinski definition) is 1. The zero-order chi connectivity index (χ0) is 8.43. The van der Waals surface area contributed by atoms with Crippen LogP contribution in [0.4, 0.5) is 0 Å². The molecule has 0 aromatic rings. The molecule has 11 heavy (non-hydrogen) atoms. The second-order valence-electron chi connectivity index (χ2n) is 3.64. The molecule has 0 bridgehead atoms. The zero-order valence-electron chi connectivity index (χ0n) is 7.67.